The molecule has 8 nitrogen and oxygen atoms in total. The van der Waals surface area contributed by atoms with Crippen LogP contribution in [-0.4, -0.2) is 44.2 Å². The van der Waals surface area contributed by atoms with Crippen LogP contribution in [0.15, 0.2) is 30.3 Å². The maximum absolute atomic E-state index is 10.9. The zero-order valence-corrected chi connectivity index (χ0v) is 16.2. The van der Waals surface area contributed by atoms with Crippen LogP contribution in [0.1, 0.15) is 17.2 Å². The summed E-state index contributed by atoms with van der Waals surface area (Å²) >= 11 is 0. The van der Waals surface area contributed by atoms with Gasteiger partial charge in [0.1, 0.15) is 18.4 Å². The molecule has 2 aliphatic heterocycles. The van der Waals surface area contributed by atoms with E-state index < -0.39 is 5.23 Å². The molecule has 8 heteroatoms. The van der Waals surface area contributed by atoms with E-state index in [0.29, 0.717) is 23.0 Å². The molecule has 2 N–H and O–H groups in total. The number of benzene rings is 2. The SMILES string of the molecule is COc1c2c(cc3c1[C@@H](C#CCOc1ccc([NH+]([O-])O)cc1)N(C)CC3)OCO2. The van der Waals surface area contributed by atoms with Gasteiger partial charge in [-0.15, -0.1) is 0 Å². The number of rotatable bonds is 4. The molecule has 4 rings (SSSR count). The van der Waals surface area contributed by atoms with Crippen molar-refractivity contribution in [2.24, 2.45) is 0 Å². The fourth-order valence-electron chi connectivity index (χ4n) is 3.57. The van der Waals surface area contributed by atoms with Gasteiger partial charge < -0.3 is 24.2 Å². The van der Waals surface area contributed by atoms with E-state index in [2.05, 4.69) is 16.7 Å². The molecule has 2 aliphatic rings. The maximum Gasteiger partial charge on any atom is 0.231 e. The van der Waals surface area contributed by atoms with Gasteiger partial charge in [0.15, 0.2) is 17.2 Å². The summed E-state index contributed by atoms with van der Waals surface area (Å²) < 4.78 is 22.4. The number of hydrogen-bond donors (Lipinski definition) is 2. The summed E-state index contributed by atoms with van der Waals surface area (Å²) in [5.74, 6) is 8.93. The second-order valence-corrected chi connectivity index (χ2v) is 6.79. The fraction of sp³-hybridized carbons (Fsp3) is 0.333. The number of ether oxygens (including phenoxy) is 4. The van der Waals surface area contributed by atoms with Crippen LogP contribution in [0.25, 0.3) is 0 Å². The minimum atomic E-state index is -0.967. The van der Waals surface area contributed by atoms with Gasteiger partial charge in [0.25, 0.3) is 0 Å². The van der Waals surface area contributed by atoms with Gasteiger partial charge in [-0.2, -0.15) is 5.23 Å². The van der Waals surface area contributed by atoms with E-state index in [1.54, 1.807) is 19.2 Å². The number of nitrogens with zero attached hydrogens (tertiary/aromatic N) is 1. The molecule has 0 amide bonds. The minimum absolute atomic E-state index is 0.152. The Morgan fingerprint density at radius 1 is 1.31 bits per heavy atom. The predicted octanol–water partition coefficient (Wildman–Crippen LogP) is 1.44. The summed E-state index contributed by atoms with van der Waals surface area (Å²) in [6, 6.07) is 8.12. The first-order chi connectivity index (χ1) is 14.1. The third kappa shape index (κ3) is 3.81. The fourth-order valence-corrected chi connectivity index (χ4v) is 3.57. The first-order valence-electron chi connectivity index (χ1n) is 9.22. The molecule has 0 radical (unpaired) electrons. The molecule has 152 valence electrons. The Hall–Kier alpha value is -2.96. The van der Waals surface area contributed by atoms with Gasteiger partial charge in [-0.1, -0.05) is 11.8 Å². The van der Waals surface area contributed by atoms with Crippen molar-refractivity contribution in [1.29, 1.82) is 0 Å². The molecule has 0 saturated heterocycles. The van der Waals surface area contributed by atoms with Crippen LogP contribution in [0, 0.1) is 17.0 Å². The highest BCUT2D eigenvalue weighted by molar-refractivity contribution is 5.62. The lowest BCUT2D eigenvalue weighted by molar-refractivity contribution is -0.991. The Bertz CT molecular complexity index is 948. The quantitative estimate of drug-likeness (QED) is 0.595. The maximum atomic E-state index is 10.9. The van der Waals surface area contributed by atoms with Crippen molar-refractivity contribution < 1.29 is 29.4 Å². The lowest BCUT2D eigenvalue weighted by Crippen LogP contribution is -2.99. The number of hydrogen-bond acceptors (Lipinski definition) is 7. The minimum Gasteiger partial charge on any atom is -0.595 e. The van der Waals surface area contributed by atoms with Crippen LogP contribution in [0.4, 0.5) is 5.69 Å². The summed E-state index contributed by atoms with van der Waals surface area (Å²) in [5.41, 5.74) is 2.37. The average Bonchev–Trinajstić information content (AvgIpc) is 3.19. The van der Waals surface area contributed by atoms with E-state index >= 15 is 0 Å². The summed E-state index contributed by atoms with van der Waals surface area (Å²) in [7, 11) is 3.65. The van der Waals surface area contributed by atoms with E-state index in [1.165, 1.54) is 12.1 Å². The smallest absolute Gasteiger partial charge is 0.231 e. The molecular weight excluding hydrogens is 376 g/mol. The predicted molar refractivity (Wildman–Crippen MR) is 104 cm³/mol. The highest BCUT2D eigenvalue weighted by atomic mass is 16.8. The molecule has 29 heavy (non-hydrogen) atoms. The average molecular weight is 398 g/mol. The second kappa shape index (κ2) is 8.19. The van der Waals surface area contributed by atoms with Gasteiger partial charge in [0, 0.05) is 24.2 Å². The molecule has 0 aliphatic carbocycles. The van der Waals surface area contributed by atoms with Crippen LogP contribution in [0.5, 0.6) is 23.0 Å². The summed E-state index contributed by atoms with van der Waals surface area (Å²) in [6.45, 7) is 1.25. The van der Waals surface area contributed by atoms with Crippen molar-refractivity contribution >= 4 is 5.69 Å². The van der Waals surface area contributed by atoms with E-state index in [4.69, 9.17) is 24.2 Å². The van der Waals surface area contributed by atoms with E-state index in [9.17, 15) is 5.21 Å². The van der Waals surface area contributed by atoms with E-state index in [0.717, 1.165) is 24.1 Å². The van der Waals surface area contributed by atoms with Gasteiger partial charge in [0.2, 0.25) is 12.5 Å². The van der Waals surface area contributed by atoms with Crippen LogP contribution in [-0.2, 0) is 6.42 Å². The Labute approximate surface area is 168 Å². The Morgan fingerprint density at radius 2 is 2.10 bits per heavy atom. The zero-order chi connectivity index (χ0) is 20.4. The first-order valence-corrected chi connectivity index (χ1v) is 9.22. The van der Waals surface area contributed by atoms with Crippen molar-refractivity contribution in [2.45, 2.75) is 12.5 Å². The van der Waals surface area contributed by atoms with Gasteiger partial charge in [-0.05, 0) is 37.2 Å². The Morgan fingerprint density at radius 3 is 2.83 bits per heavy atom. The van der Waals surface area contributed by atoms with Crippen molar-refractivity contribution in [3.63, 3.8) is 0 Å². The summed E-state index contributed by atoms with van der Waals surface area (Å²) in [6.07, 6.45) is 0.878. The molecular formula is C21H22N2O6. The van der Waals surface area contributed by atoms with Crippen LogP contribution >= 0.6 is 0 Å². The number of likely N-dealkylation sites (N-methyl/N-ethyl adjacent to an activating group) is 1. The number of methoxy groups -OCH3 is 1. The molecule has 0 saturated carbocycles. The summed E-state index contributed by atoms with van der Waals surface area (Å²) in [4.78, 5) is 2.17. The molecule has 0 bridgehead atoms. The van der Waals surface area contributed by atoms with Gasteiger partial charge in [0.05, 0.1) is 7.11 Å². The third-order valence-electron chi connectivity index (χ3n) is 5.05. The molecule has 0 fully saturated rings. The van der Waals surface area contributed by atoms with Crippen LogP contribution < -0.4 is 24.2 Å². The zero-order valence-electron chi connectivity index (χ0n) is 16.2. The van der Waals surface area contributed by atoms with Crippen molar-refractivity contribution in [1.82, 2.24) is 4.90 Å². The Balaban J connectivity index is 1.53. The Kier molecular flexibility index (Phi) is 5.47. The molecule has 0 spiro atoms. The van der Waals surface area contributed by atoms with Crippen molar-refractivity contribution in [3.8, 4) is 34.8 Å². The molecule has 1 unspecified atom stereocenters. The molecule has 2 aromatic rings. The molecule has 2 atom stereocenters. The lowest BCUT2D eigenvalue weighted by atomic mass is 9.91. The number of quaternary nitrogens is 1. The van der Waals surface area contributed by atoms with Gasteiger partial charge in [-0.25, -0.2) is 5.21 Å². The summed E-state index contributed by atoms with van der Waals surface area (Å²) in [5, 5.41) is 18.9. The van der Waals surface area contributed by atoms with Crippen molar-refractivity contribution in [2.75, 3.05) is 34.1 Å². The highest BCUT2D eigenvalue weighted by Crippen LogP contribution is 2.49. The normalized spacial score (nSPS) is 18.4. The topological polar surface area (TPSA) is 87.9 Å². The number of fused-ring (bicyclic) bond motifs is 2. The van der Waals surface area contributed by atoms with Crippen molar-refractivity contribution in [3.05, 3.63) is 46.7 Å². The third-order valence-corrected chi connectivity index (χ3v) is 5.05. The van der Waals surface area contributed by atoms with Gasteiger partial charge in [-0.3, -0.25) is 4.90 Å². The largest absolute Gasteiger partial charge is 0.595 e. The van der Waals surface area contributed by atoms with Gasteiger partial charge >= 0.3 is 0 Å². The lowest BCUT2D eigenvalue weighted by Gasteiger charge is -2.32. The molecule has 2 heterocycles. The monoisotopic (exact) mass is 398 g/mol. The number of nitrogens with one attached hydrogen (secondary N) is 1. The molecule has 2 aromatic carbocycles. The van der Waals surface area contributed by atoms with E-state index in [-0.39, 0.29) is 25.1 Å². The second-order valence-electron chi connectivity index (χ2n) is 6.79. The standard InChI is InChI=1S/C21H22N2O6/c1-22-10-9-14-12-18-20(29-13-28-18)21(26-2)19(14)17(22)4-3-11-27-16-7-5-15(6-8-16)23(24)25/h5-8,12,17,23-24H,9-11,13H2,1-2H3/t17-/m1/s1. The molecule has 0 aromatic heterocycles. The van der Waals surface area contributed by atoms with Crippen LogP contribution in [0.2, 0.25) is 0 Å². The highest BCUT2D eigenvalue weighted by Gasteiger charge is 2.33. The van der Waals surface area contributed by atoms with E-state index in [1.807, 2.05) is 13.1 Å². The van der Waals surface area contributed by atoms with Crippen LogP contribution in [0.3, 0.4) is 0 Å². The first kappa shape index (κ1) is 19.4.